The van der Waals surface area contributed by atoms with Crippen LogP contribution in [-0.4, -0.2) is 61.5 Å². The van der Waals surface area contributed by atoms with Crippen molar-refractivity contribution in [2.75, 3.05) is 6.54 Å². The van der Waals surface area contributed by atoms with Crippen molar-refractivity contribution in [1.29, 1.82) is 5.41 Å². The molecule has 2 aliphatic heterocycles. The summed E-state index contributed by atoms with van der Waals surface area (Å²) < 4.78 is 0. The van der Waals surface area contributed by atoms with Gasteiger partial charge in [0.25, 0.3) is 0 Å². The minimum Gasteiger partial charge on any atom is -0.313 e. The van der Waals surface area contributed by atoms with E-state index in [1.165, 1.54) is 4.90 Å². The first-order valence-corrected chi connectivity index (χ1v) is 6.99. The first-order chi connectivity index (χ1) is 10.6. The number of hydroxylamine groups is 2. The summed E-state index contributed by atoms with van der Waals surface area (Å²) in [4.78, 5) is 33.1. The molecule has 3 N–H and O–H groups in total. The molecule has 1 aromatic rings. The molecular formula is C13H16N6O3. The minimum atomic E-state index is -0.516. The van der Waals surface area contributed by atoms with Crippen LogP contribution in [0.5, 0.6) is 0 Å². The summed E-state index contributed by atoms with van der Waals surface area (Å²) in [7, 11) is 0. The van der Waals surface area contributed by atoms with Gasteiger partial charge in [-0.25, -0.2) is 19.8 Å². The summed E-state index contributed by atoms with van der Waals surface area (Å²) in [6.45, 7) is 0.375. The second-order valence-electron chi connectivity index (χ2n) is 5.33. The molecule has 3 heterocycles. The van der Waals surface area contributed by atoms with Crippen LogP contribution >= 0.6 is 0 Å². The van der Waals surface area contributed by atoms with Gasteiger partial charge >= 0.3 is 6.03 Å². The molecule has 0 unspecified atom stereocenters. The van der Waals surface area contributed by atoms with Crippen LogP contribution in [0.15, 0.2) is 18.5 Å². The van der Waals surface area contributed by atoms with E-state index in [1.807, 2.05) is 0 Å². The predicted octanol–water partition coefficient (Wildman–Crippen LogP) is -0.230. The highest BCUT2D eigenvalue weighted by molar-refractivity contribution is 6.01. The second-order valence-corrected chi connectivity index (χ2v) is 5.33. The van der Waals surface area contributed by atoms with E-state index < -0.39 is 18.0 Å². The maximum Gasteiger partial charge on any atom is 0.344 e. The molecule has 0 saturated carbocycles. The molecule has 0 aromatic carbocycles. The van der Waals surface area contributed by atoms with Crippen LogP contribution in [0.3, 0.4) is 0 Å². The van der Waals surface area contributed by atoms with Crippen molar-refractivity contribution in [3.63, 3.8) is 0 Å². The van der Waals surface area contributed by atoms with Gasteiger partial charge in [0, 0.05) is 18.9 Å². The molecule has 2 atom stereocenters. The standard InChI is InChI=1S/C13H16N6O3/c14-12(17-11(20)6-10-15-4-1-5-16-10)9-3-2-8-7-18(9)13(21)19(8)22/h1,4-5,8-9,22H,2-3,6-7H2,(H2,14,17,20)/t8-,9+/m1/s1. The minimum absolute atomic E-state index is 0.0291. The molecule has 3 amide bonds. The lowest BCUT2D eigenvalue weighted by molar-refractivity contribution is -0.119. The number of piperidine rings is 1. The van der Waals surface area contributed by atoms with Crippen LogP contribution in [0.4, 0.5) is 4.79 Å². The van der Waals surface area contributed by atoms with E-state index in [0.29, 0.717) is 30.3 Å². The molecular weight excluding hydrogens is 288 g/mol. The zero-order chi connectivity index (χ0) is 15.7. The van der Waals surface area contributed by atoms with E-state index in [1.54, 1.807) is 18.5 Å². The first kappa shape index (κ1) is 14.4. The summed E-state index contributed by atoms with van der Waals surface area (Å²) in [5.41, 5.74) is 0. The average Bonchev–Trinajstić information content (AvgIpc) is 2.73. The zero-order valence-electron chi connectivity index (χ0n) is 11.8. The number of hydrogen-bond donors (Lipinski definition) is 3. The van der Waals surface area contributed by atoms with Crippen molar-refractivity contribution in [1.82, 2.24) is 25.2 Å². The predicted molar refractivity (Wildman–Crippen MR) is 74.1 cm³/mol. The number of amidine groups is 1. The lowest BCUT2D eigenvalue weighted by Gasteiger charge is -2.30. The SMILES string of the molecule is N=C(NC(=O)Cc1ncccn1)[C@@H]1CC[C@@H]2CN1C(=O)N2O. The molecule has 9 heteroatoms. The van der Waals surface area contributed by atoms with E-state index in [-0.39, 0.29) is 18.3 Å². The van der Waals surface area contributed by atoms with Gasteiger partial charge in [0.1, 0.15) is 11.7 Å². The summed E-state index contributed by atoms with van der Waals surface area (Å²) in [5.74, 6) is -0.0656. The van der Waals surface area contributed by atoms with Crippen LogP contribution in [0.25, 0.3) is 0 Å². The molecule has 9 nitrogen and oxygen atoms in total. The summed E-state index contributed by atoms with van der Waals surface area (Å²) in [6.07, 6.45) is 4.19. The molecule has 0 aliphatic carbocycles. The lowest BCUT2D eigenvalue weighted by Crippen LogP contribution is -2.51. The monoisotopic (exact) mass is 304 g/mol. The Labute approximate surface area is 126 Å². The van der Waals surface area contributed by atoms with Gasteiger partial charge in [-0.2, -0.15) is 0 Å². The largest absolute Gasteiger partial charge is 0.344 e. The Morgan fingerprint density at radius 2 is 2.14 bits per heavy atom. The third kappa shape index (κ3) is 2.62. The van der Waals surface area contributed by atoms with Gasteiger partial charge in [0.15, 0.2) is 0 Å². The van der Waals surface area contributed by atoms with Gasteiger partial charge in [-0.3, -0.25) is 15.4 Å². The highest BCUT2D eigenvalue weighted by Crippen LogP contribution is 2.28. The Hall–Kier alpha value is -2.55. The van der Waals surface area contributed by atoms with Crippen LogP contribution < -0.4 is 5.32 Å². The van der Waals surface area contributed by atoms with Gasteiger partial charge in [-0.05, 0) is 18.9 Å². The van der Waals surface area contributed by atoms with Crippen LogP contribution in [0.1, 0.15) is 18.7 Å². The molecule has 2 fully saturated rings. The molecule has 1 aromatic heterocycles. The molecule has 116 valence electrons. The van der Waals surface area contributed by atoms with Crippen molar-refractivity contribution in [2.45, 2.75) is 31.3 Å². The number of hydrogen-bond acceptors (Lipinski definition) is 6. The quantitative estimate of drug-likeness (QED) is 0.404. The highest BCUT2D eigenvalue weighted by atomic mass is 16.5. The number of carbonyl (C=O) groups excluding carboxylic acids is 2. The number of nitrogens with zero attached hydrogens (tertiary/aromatic N) is 4. The zero-order valence-corrected chi connectivity index (χ0v) is 11.8. The van der Waals surface area contributed by atoms with E-state index in [4.69, 9.17) is 5.41 Å². The van der Waals surface area contributed by atoms with Crippen molar-refractivity contribution in [2.24, 2.45) is 0 Å². The van der Waals surface area contributed by atoms with E-state index in [2.05, 4.69) is 15.3 Å². The van der Waals surface area contributed by atoms with Gasteiger partial charge in [-0.1, -0.05) is 0 Å². The number of fused-ring (bicyclic) bond motifs is 2. The van der Waals surface area contributed by atoms with Gasteiger partial charge in [-0.15, -0.1) is 0 Å². The highest BCUT2D eigenvalue weighted by Gasteiger charge is 2.45. The smallest absolute Gasteiger partial charge is 0.313 e. The third-order valence-corrected chi connectivity index (χ3v) is 3.89. The molecule has 2 aliphatic rings. The topological polar surface area (TPSA) is 123 Å². The van der Waals surface area contributed by atoms with Crippen molar-refractivity contribution < 1.29 is 14.8 Å². The van der Waals surface area contributed by atoms with Crippen LogP contribution in [0, 0.1) is 5.41 Å². The Morgan fingerprint density at radius 1 is 1.41 bits per heavy atom. The summed E-state index contributed by atoms with van der Waals surface area (Å²) >= 11 is 0. The maximum absolute atomic E-state index is 11.9. The van der Waals surface area contributed by atoms with E-state index >= 15 is 0 Å². The van der Waals surface area contributed by atoms with Crippen LogP contribution in [-0.2, 0) is 11.2 Å². The van der Waals surface area contributed by atoms with E-state index in [9.17, 15) is 14.8 Å². The molecule has 3 rings (SSSR count). The van der Waals surface area contributed by atoms with Crippen molar-refractivity contribution >= 4 is 17.8 Å². The van der Waals surface area contributed by atoms with Gasteiger partial charge in [0.2, 0.25) is 5.91 Å². The number of carbonyl (C=O) groups is 2. The summed E-state index contributed by atoms with van der Waals surface area (Å²) in [5, 5.41) is 20.8. The first-order valence-electron chi connectivity index (χ1n) is 6.99. The average molecular weight is 304 g/mol. The van der Waals surface area contributed by atoms with Crippen LogP contribution in [0.2, 0.25) is 0 Å². The molecule has 0 spiro atoms. The lowest BCUT2D eigenvalue weighted by atomic mass is 10.00. The normalized spacial score (nSPS) is 23.6. The number of nitrogens with one attached hydrogen (secondary N) is 2. The van der Waals surface area contributed by atoms with Crippen molar-refractivity contribution in [3.05, 3.63) is 24.3 Å². The number of rotatable bonds is 3. The third-order valence-electron chi connectivity index (χ3n) is 3.89. The fourth-order valence-electron chi connectivity index (χ4n) is 2.79. The number of aromatic nitrogens is 2. The Bertz CT molecular complexity index is 607. The maximum atomic E-state index is 11.9. The fourth-order valence-corrected chi connectivity index (χ4v) is 2.79. The fraction of sp³-hybridized carbons (Fsp3) is 0.462. The van der Waals surface area contributed by atoms with Gasteiger partial charge < -0.3 is 10.2 Å². The molecule has 2 saturated heterocycles. The van der Waals surface area contributed by atoms with E-state index in [0.717, 1.165) is 0 Å². The number of amides is 3. The Balaban J connectivity index is 1.60. The summed E-state index contributed by atoms with van der Waals surface area (Å²) in [6, 6.07) is 0.408. The van der Waals surface area contributed by atoms with Crippen molar-refractivity contribution in [3.8, 4) is 0 Å². The second kappa shape index (κ2) is 5.68. The Morgan fingerprint density at radius 3 is 2.86 bits per heavy atom. The van der Waals surface area contributed by atoms with Gasteiger partial charge in [0.05, 0.1) is 18.5 Å². The Kier molecular flexibility index (Phi) is 3.72. The molecule has 0 radical (unpaired) electrons. The number of urea groups is 1. The molecule has 22 heavy (non-hydrogen) atoms. The molecule has 2 bridgehead atoms.